The molecule has 0 aliphatic rings. The van der Waals surface area contributed by atoms with E-state index in [1.807, 2.05) is 84.9 Å². The van der Waals surface area contributed by atoms with Gasteiger partial charge in [0.25, 0.3) is 0 Å². The molecule has 0 unspecified atom stereocenters. The number of rotatable bonds is 4. The van der Waals surface area contributed by atoms with E-state index in [-0.39, 0.29) is 24.2 Å². The molecule has 1 aromatic heterocycles. The molecule has 0 spiro atoms. The van der Waals surface area contributed by atoms with Gasteiger partial charge in [-0.2, -0.15) is 0 Å². The van der Waals surface area contributed by atoms with E-state index >= 15 is 0 Å². The molecule has 0 saturated carbocycles. The summed E-state index contributed by atoms with van der Waals surface area (Å²) in [4.78, 5) is 0. The normalized spacial score (nSPS) is 12.8. The van der Waals surface area contributed by atoms with Gasteiger partial charge in [0.1, 0.15) is 11.2 Å². The van der Waals surface area contributed by atoms with E-state index in [9.17, 15) is 2.74 Å². The highest BCUT2D eigenvalue weighted by Gasteiger charge is 2.21. The van der Waals surface area contributed by atoms with Crippen molar-refractivity contribution in [2.45, 2.75) is 0 Å². The maximum absolute atomic E-state index is 9.31. The molecule has 0 amide bonds. The average Bonchev–Trinajstić information content (AvgIpc) is 3.55. The molecule has 1 nitrogen and oxygen atoms in total. The van der Waals surface area contributed by atoms with Crippen molar-refractivity contribution >= 4 is 43.5 Å². The Morgan fingerprint density at radius 2 is 0.956 bits per heavy atom. The van der Waals surface area contributed by atoms with Crippen molar-refractivity contribution in [1.29, 1.82) is 0 Å². The van der Waals surface area contributed by atoms with Gasteiger partial charge in [0.2, 0.25) is 0 Å². The summed E-state index contributed by atoms with van der Waals surface area (Å²) in [5.74, 6) is 0. The molecule has 0 saturated heterocycles. The van der Waals surface area contributed by atoms with Crippen LogP contribution in [0.4, 0.5) is 0 Å². The lowest BCUT2D eigenvalue weighted by atomic mass is 9.85. The van der Waals surface area contributed by atoms with Crippen molar-refractivity contribution < 1.29 is 9.90 Å². The lowest BCUT2D eigenvalue weighted by Crippen LogP contribution is -1.91. The molecule has 0 aliphatic heterocycles. The summed E-state index contributed by atoms with van der Waals surface area (Å²) in [6.45, 7) is 0. The molecule has 0 bridgehead atoms. The summed E-state index contributed by atoms with van der Waals surface area (Å²) < 4.78 is 42.7. The highest BCUT2D eigenvalue weighted by Crippen LogP contribution is 2.47. The van der Waals surface area contributed by atoms with Crippen LogP contribution in [-0.4, -0.2) is 0 Å². The Morgan fingerprint density at radius 1 is 0.400 bits per heavy atom. The van der Waals surface area contributed by atoms with Gasteiger partial charge < -0.3 is 4.42 Å². The molecule has 9 aromatic rings. The maximum Gasteiger partial charge on any atom is 0.143 e. The third-order valence-corrected chi connectivity index (χ3v) is 8.79. The first-order chi connectivity index (χ1) is 24.0. The van der Waals surface area contributed by atoms with Crippen LogP contribution >= 0.6 is 0 Å². The predicted octanol–water partition coefficient (Wildman–Crippen LogP) is 12.6. The molecule has 0 radical (unpaired) electrons. The first kappa shape index (κ1) is 21.7. The minimum absolute atomic E-state index is 0.0494. The van der Waals surface area contributed by atoms with E-state index in [4.69, 9.17) is 7.16 Å². The summed E-state index contributed by atoms with van der Waals surface area (Å²) in [5, 5.41) is 4.69. The zero-order valence-electron chi connectivity index (χ0n) is 28.3. The van der Waals surface area contributed by atoms with Crippen LogP contribution in [-0.2, 0) is 0 Å². The summed E-state index contributed by atoms with van der Waals surface area (Å²) in [6.07, 6.45) is 0. The molecule has 210 valence electrons. The highest BCUT2D eigenvalue weighted by molar-refractivity contribution is 6.26. The lowest BCUT2D eigenvalue weighted by Gasteiger charge is -2.18. The van der Waals surface area contributed by atoms with Crippen LogP contribution in [0.2, 0.25) is 0 Å². The average molecular weight is 577 g/mol. The van der Waals surface area contributed by atoms with E-state index in [1.54, 1.807) is 0 Å². The minimum Gasteiger partial charge on any atom is -0.455 e. The summed E-state index contributed by atoms with van der Waals surface area (Å²) in [5.41, 5.74) is 9.10. The standard InChI is InChI=1S/C44H28O/c1-3-14-29(15-4-1)31-18-11-19-32(28-31)33-24-12-26-39-43-38(25-13-27-40(43)45-44(33)39)42-36-22-9-7-20-34(36)41(30-16-5-2-6-17-30)35-21-8-10-23-37(35)42/h1-28H/i7D,9D,20D,22D. The Labute approximate surface area is 267 Å². The van der Waals surface area contributed by atoms with Gasteiger partial charge >= 0.3 is 0 Å². The minimum atomic E-state index is -0.252. The van der Waals surface area contributed by atoms with Gasteiger partial charge in [0.15, 0.2) is 0 Å². The first-order valence-corrected chi connectivity index (χ1v) is 15.1. The molecule has 0 aliphatic carbocycles. The fourth-order valence-corrected chi connectivity index (χ4v) is 6.84. The molecule has 0 fully saturated rings. The van der Waals surface area contributed by atoms with Gasteiger partial charge in [-0.15, -0.1) is 0 Å². The van der Waals surface area contributed by atoms with Gasteiger partial charge in [-0.3, -0.25) is 0 Å². The van der Waals surface area contributed by atoms with Crippen LogP contribution < -0.4 is 0 Å². The molecular weight excluding hydrogens is 544 g/mol. The van der Waals surface area contributed by atoms with Crippen LogP contribution in [0, 0.1) is 0 Å². The SMILES string of the molecule is [2H]c1c([2H])c([2H])c2c(-c3cccc4oc5c(-c6cccc(-c7ccccc7)c6)cccc5c34)c3ccccc3c(-c3ccccc3)c2c1[2H]. The third kappa shape index (κ3) is 4.09. The van der Waals surface area contributed by atoms with Crippen LogP contribution in [0.3, 0.4) is 0 Å². The summed E-state index contributed by atoms with van der Waals surface area (Å²) in [7, 11) is 0. The summed E-state index contributed by atoms with van der Waals surface area (Å²) >= 11 is 0. The summed E-state index contributed by atoms with van der Waals surface area (Å²) in [6, 6.07) is 48.4. The zero-order valence-corrected chi connectivity index (χ0v) is 24.3. The number of furan rings is 1. The Morgan fingerprint density at radius 3 is 1.73 bits per heavy atom. The number of hydrogen-bond donors (Lipinski definition) is 0. The fourth-order valence-electron chi connectivity index (χ4n) is 6.84. The van der Waals surface area contributed by atoms with Crippen LogP contribution in [0.15, 0.2) is 174 Å². The quantitative estimate of drug-likeness (QED) is 0.190. The van der Waals surface area contributed by atoms with Crippen molar-refractivity contribution in [1.82, 2.24) is 0 Å². The number of hydrogen-bond acceptors (Lipinski definition) is 1. The molecule has 8 aromatic carbocycles. The Hall–Kier alpha value is -5.92. The predicted molar refractivity (Wildman–Crippen MR) is 190 cm³/mol. The smallest absolute Gasteiger partial charge is 0.143 e. The number of para-hydroxylation sites is 1. The Bertz CT molecular complexity index is 2750. The van der Waals surface area contributed by atoms with Crippen molar-refractivity contribution in [2.24, 2.45) is 0 Å². The van der Waals surface area contributed by atoms with E-state index in [0.29, 0.717) is 16.4 Å². The largest absolute Gasteiger partial charge is 0.455 e. The van der Waals surface area contributed by atoms with Crippen LogP contribution in [0.5, 0.6) is 0 Å². The second-order valence-electron chi connectivity index (χ2n) is 11.3. The van der Waals surface area contributed by atoms with Crippen molar-refractivity contribution in [3.8, 4) is 44.5 Å². The Kier molecular flexibility index (Phi) is 5.00. The Balaban J connectivity index is 1.39. The van der Waals surface area contributed by atoms with Gasteiger partial charge in [-0.1, -0.05) is 158 Å². The second-order valence-corrected chi connectivity index (χ2v) is 11.3. The van der Waals surface area contributed by atoms with Gasteiger partial charge in [-0.05, 0) is 72.6 Å². The first-order valence-electron chi connectivity index (χ1n) is 17.1. The van der Waals surface area contributed by atoms with Gasteiger partial charge in [0.05, 0.1) is 5.48 Å². The number of fused-ring (bicyclic) bond motifs is 5. The van der Waals surface area contributed by atoms with Crippen LogP contribution in [0.25, 0.3) is 88.0 Å². The molecule has 45 heavy (non-hydrogen) atoms. The maximum atomic E-state index is 9.31. The molecular formula is C44H28O. The second kappa shape index (κ2) is 10.4. The van der Waals surface area contributed by atoms with Gasteiger partial charge in [-0.25, -0.2) is 0 Å². The van der Waals surface area contributed by atoms with Gasteiger partial charge in [0, 0.05) is 16.3 Å². The van der Waals surface area contributed by atoms with Crippen LogP contribution in [0.1, 0.15) is 5.48 Å². The molecule has 0 N–H and O–H groups in total. The topological polar surface area (TPSA) is 13.1 Å². The zero-order chi connectivity index (χ0) is 33.2. The molecule has 9 rings (SSSR count). The van der Waals surface area contributed by atoms with E-state index in [0.717, 1.165) is 71.6 Å². The molecule has 1 heteroatoms. The monoisotopic (exact) mass is 576 g/mol. The molecule has 1 heterocycles. The highest BCUT2D eigenvalue weighted by atomic mass is 16.3. The third-order valence-electron chi connectivity index (χ3n) is 8.79. The van der Waals surface area contributed by atoms with Crippen molar-refractivity contribution in [3.05, 3.63) is 170 Å². The number of benzene rings is 8. The van der Waals surface area contributed by atoms with Crippen molar-refractivity contribution in [2.75, 3.05) is 0 Å². The van der Waals surface area contributed by atoms with Crippen molar-refractivity contribution in [3.63, 3.8) is 0 Å². The molecule has 0 atom stereocenters. The fraction of sp³-hybridized carbons (Fsp3) is 0. The lowest BCUT2D eigenvalue weighted by molar-refractivity contribution is 0.670. The van der Waals surface area contributed by atoms with E-state index in [2.05, 4.69) is 60.7 Å². The van der Waals surface area contributed by atoms with E-state index < -0.39 is 0 Å². The van der Waals surface area contributed by atoms with E-state index in [1.165, 1.54) is 0 Å².